The van der Waals surface area contributed by atoms with E-state index < -0.39 is 10.0 Å². The Labute approximate surface area is 214 Å². The lowest BCUT2D eigenvalue weighted by Gasteiger charge is -2.38. The number of carbonyl (C=O) groups excluding carboxylic acids is 1. The Morgan fingerprint density at radius 3 is 2.71 bits per heavy atom. The number of fused-ring (bicyclic) bond motifs is 1. The van der Waals surface area contributed by atoms with Crippen molar-refractivity contribution < 1.29 is 13.2 Å². The first kappa shape index (κ1) is 24.9. The zero-order valence-electron chi connectivity index (χ0n) is 18.6. The van der Waals surface area contributed by atoms with E-state index in [1.165, 1.54) is 29.2 Å². The van der Waals surface area contributed by atoms with E-state index in [2.05, 4.69) is 12.6 Å². The summed E-state index contributed by atoms with van der Waals surface area (Å²) in [6.45, 7) is 5.83. The van der Waals surface area contributed by atoms with E-state index in [-0.39, 0.29) is 40.0 Å². The van der Waals surface area contributed by atoms with Crippen molar-refractivity contribution in [1.29, 1.82) is 0 Å². The lowest BCUT2D eigenvalue weighted by Crippen LogP contribution is -2.47. The summed E-state index contributed by atoms with van der Waals surface area (Å²) < 4.78 is 28.0. The van der Waals surface area contributed by atoms with Gasteiger partial charge in [-0.05, 0) is 59.7 Å². The van der Waals surface area contributed by atoms with E-state index in [0.717, 1.165) is 27.4 Å². The maximum atomic E-state index is 13.7. The summed E-state index contributed by atoms with van der Waals surface area (Å²) in [4.78, 5) is 16.6. The summed E-state index contributed by atoms with van der Waals surface area (Å²) in [6.07, 6.45) is 2.19. The van der Waals surface area contributed by atoms with Gasteiger partial charge in [-0.2, -0.15) is 4.31 Å². The van der Waals surface area contributed by atoms with E-state index in [0.29, 0.717) is 6.54 Å². The van der Waals surface area contributed by atoms with Gasteiger partial charge in [0, 0.05) is 23.0 Å². The molecule has 2 aromatic carbocycles. The highest BCUT2D eigenvalue weighted by atomic mass is 35.5. The van der Waals surface area contributed by atoms with Gasteiger partial charge >= 0.3 is 0 Å². The Kier molecular flexibility index (Phi) is 7.50. The molecule has 1 atom stereocenters. The fourth-order valence-electron chi connectivity index (χ4n) is 4.26. The minimum absolute atomic E-state index is 0.0382. The third-order valence-electron chi connectivity index (χ3n) is 5.92. The van der Waals surface area contributed by atoms with Crippen LogP contribution in [0.5, 0.6) is 0 Å². The number of hydrogen-bond acceptors (Lipinski definition) is 4. The standard InChI is InChI=1S/C25H24Cl2N2O3S2/c1-3-12-28(34(31,32)23-15-18(26)8-9-21(23)27)16-24(30)29-13-10-22-20(11-14-33-22)25(29)19-7-5-4-6-17(19)2/h3-9,11,14-15,25H,1,10,12-13,16H2,2H3. The molecule has 9 heteroatoms. The van der Waals surface area contributed by atoms with Crippen LogP contribution >= 0.6 is 34.5 Å². The molecule has 1 aromatic heterocycles. The van der Waals surface area contributed by atoms with E-state index in [4.69, 9.17) is 23.2 Å². The summed E-state index contributed by atoms with van der Waals surface area (Å²) in [5, 5.41) is 2.33. The Bertz CT molecular complexity index is 1340. The first-order chi connectivity index (χ1) is 16.2. The maximum absolute atomic E-state index is 13.7. The lowest BCUT2D eigenvalue weighted by molar-refractivity contribution is -0.133. The molecule has 4 rings (SSSR count). The van der Waals surface area contributed by atoms with Crippen molar-refractivity contribution in [2.24, 2.45) is 0 Å². The molecule has 0 spiro atoms. The summed E-state index contributed by atoms with van der Waals surface area (Å²) in [6, 6.07) is 14.0. The minimum Gasteiger partial charge on any atom is -0.330 e. The molecule has 0 saturated heterocycles. The predicted molar refractivity (Wildman–Crippen MR) is 138 cm³/mol. The summed E-state index contributed by atoms with van der Waals surface area (Å²) in [5.74, 6) is -0.284. The molecule has 0 saturated carbocycles. The summed E-state index contributed by atoms with van der Waals surface area (Å²) in [5.41, 5.74) is 3.20. The van der Waals surface area contributed by atoms with Gasteiger partial charge in [0.25, 0.3) is 0 Å². The fraction of sp³-hybridized carbons (Fsp3) is 0.240. The quantitative estimate of drug-likeness (QED) is 0.364. The molecule has 1 aliphatic heterocycles. The van der Waals surface area contributed by atoms with Gasteiger partial charge in [-0.25, -0.2) is 8.42 Å². The largest absolute Gasteiger partial charge is 0.330 e. The molecular weight excluding hydrogens is 511 g/mol. The monoisotopic (exact) mass is 534 g/mol. The molecule has 1 aliphatic rings. The van der Waals surface area contributed by atoms with Crippen molar-refractivity contribution in [1.82, 2.24) is 9.21 Å². The second kappa shape index (κ2) is 10.2. The van der Waals surface area contributed by atoms with Gasteiger partial charge in [-0.1, -0.05) is 53.5 Å². The highest BCUT2D eigenvalue weighted by Gasteiger charge is 2.36. The molecule has 5 nitrogen and oxygen atoms in total. The molecule has 1 amide bonds. The average molecular weight is 536 g/mol. The lowest BCUT2D eigenvalue weighted by atomic mass is 9.90. The van der Waals surface area contributed by atoms with Crippen LogP contribution in [0.25, 0.3) is 0 Å². The Morgan fingerprint density at radius 2 is 1.97 bits per heavy atom. The van der Waals surface area contributed by atoms with Gasteiger partial charge in [0.05, 0.1) is 17.6 Å². The summed E-state index contributed by atoms with van der Waals surface area (Å²) >= 11 is 13.9. The van der Waals surface area contributed by atoms with Crippen LogP contribution in [0.2, 0.25) is 10.0 Å². The van der Waals surface area contributed by atoms with Gasteiger partial charge in [-0.15, -0.1) is 17.9 Å². The van der Waals surface area contributed by atoms with Crippen LogP contribution in [-0.4, -0.2) is 43.2 Å². The molecule has 0 aliphatic carbocycles. The molecule has 0 bridgehead atoms. The van der Waals surface area contributed by atoms with Crippen LogP contribution in [0.3, 0.4) is 0 Å². The van der Waals surface area contributed by atoms with Crippen molar-refractivity contribution in [3.63, 3.8) is 0 Å². The number of amides is 1. The predicted octanol–water partition coefficient (Wildman–Crippen LogP) is 5.71. The number of hydrogen-bond donors (Lipinski definition) is 0. The van der Waals surface area contributed by atoms with Crippen LogP contribution in [-0.2, 0) is 21.2 Å². The molecule has 34 heavy (non-hydrogen) atoms. The first-order valence-electron chi connectivity index (χ1n) is 10.7. The third kappa shape index (κ3) is 4.81. The van der Waals surface area contributed by atoms with Crippen molar-refractivity contribution in [3.05, 3.63) is 98.2 Å². The smallest absolute Gasteiger partial charge is 0.245 e. The number of rotatable bonds is 7. The number of halogens is 2. The van der Waals surface area contributed by atoms with E-state index in [1.54, 1.807) is 16.2 Å². The van der Waals surface area contributed by atoms with Crippen LogP contribution in [0.4, 0.5) is 0 Å². The zero-order valence-corrected chi connectivity index (χ0v) is 21.7. The van der Waals surface area contributed by atoms with Crippen molar-refractivity contribution in [3.8, 4) is 0 Å². The number of sulfonamides is 1. The molecule has 3 aromatic rings. The molecule has 0 radical (unpaired) electrons. The topological polar surface area (TPSA) is 57.7 Å². The maximum Gasteiger partial charge on any atom is 0.245 e. The second-order valence-electron chi connectivity index (χ2n) is 8.06. The molecule has 0 fully saturated rings. The average Bonchev–Trinajstić information content (AvgIpc) is 3.29. The fourth-order valence-corrected chi connectivity index (χ4v) is 7.26. The van der Waals surface area contributed by atoms with E-state index in [9.17, 15) is 13.2 Å². The third-order valence-corrected chi connectivity index (χ3v) is 9.45. The zero-order chi connectivity index (χ0) is 24.5. The summed E-state index contributed by atoms with van der Waals surface area (Å²) in [7, 11) is -4.09. The van der Waals surface area contributed by atoms with Gasteiger partial charge in [0.15, 0.2) is 0 Å². The Hall–Kier alpha value is -2.16. The second-order valence-corrected chi connectivity index (χ2v) is 11.8. The van der Waals surface area contributed by atoms with Crippen LogP contribution in [0, 0.1) is 6.92 Å². The van der Waals surface area contributed by atoms with Gasteiger partial charge in [-0.3, -0.25) is 4.79 Å². The van der Waals surface area contributed by atoms with Crippen LogP contribution in [0.1, 0.15) is 27.6 Å². The highest BCUT2D eigenvalue weighted by molar-refractivity contribution is 7.89. The first-order valence-corrected chi connectivity index (χ1v) is 13.8. The minimum atomic E-state index is -4.09. The number of carbonyl (C=O) groups is 1. The van der Waals surface area contributed by atoms with Gasteiger partial charge in [0.1, 0.15) is 4.90 Å². The SMILES string of the molecule is C=CCN(CC(=O)N1CCc2sccc2C1c1ccccc1C)S(=O)(=O)c1cc(Cl)ccc1Cl. The molecule has 0 N–H and O–H groups in total. The number of thiophene rings is 1. The number of nitrogens with zero attached hydrogens (tertiary/aromatic N) is 2. The van der Waals surface area contributed by atoms with E-state index in [1.807, 2.05) is 36.6 Å². The van der Waals surface area contributed by atoms with Gasteiger partial charge < -0.3 is 4.90 Å². The van der Waals surface area contributed by atoms with E-state index >= 15 is 0 Å². The van der Waals surface area contributed by atoms with Crippen molar-refractivity contribution in [2.45, 2.75) is 24.3 Å². The van der Waals surface area contributed by atoms with Crippen LogP contribution < -0.4 is 0 Å². The Balaban J connectivity index is 1.70. The number of aryl methyl sites for hydroxylation is 1. The van der Waals surface area contributed by atoms with Gasteiger partial charge in [0.2, 0.25) is 15.9 Å². The normalized spacial score (nSPS) is 15.9. The number of benzene rings is 2. The molecule has 2 heterocycles. The highest BCUT2D eigenvalue weighted by Crippen LogP contribution is 2.39. The molecule has 178 valence electrons. The van der Waals surface area contributed by atoms with Crippen LogP contribution in [0.15, 0.2) is 71.5 Å². The molecule has 1 unspecified atom stereocenters. The van der Waals surface area contributed by atoms with Crippen molar-refractivity contribution in [2.75, 3.05) is 19.6 Å². The molecular formula is C25H24Cl2N2O3S2. The van der Waals surface area contributed by atoms with Crippen molar-refractivity contribution >= 4 is 50.5 Å². The Morgan fingerprint density at radius 1 is 1.21 bits per heavy atom.